The lowest BCUT2D eigenvalue weighted by molar-refractivity contribution is 0.601. The summed E-state index contributed by atoms with van der Waals surface area (Å²) in [6, 6.07) is 4.61. The van der Waals surface area contributed by atoms with Gasteiger partial charge in [0, 0.05) is 15.2 Å². The molecule has 0 saturated heterocycles. The van der Waals surface area contributed by atoms with E-state index in [1.54, 1.807) is 12.1 Å². The Kier molecular flexibility index (Phi) is 3.41. The van der Waals surface area contributed by atoms with Crippen LogP contribution in [0.15, 0.2) is 23.1 Å². The highest BCUT2D eigenvalue weighted by Gasteiger charge is 2.05. The topological polar surface area (TPSA) is 0 Å². The average Bonchev–Trinajstić information content (AvgIpc) is 1.96. The van der Waals surface area contributed by atoms with E-state index in [0.717, 1.165) is 0 Å². The van der Waals surface area contributed by atoms with Crippen LogP contribution in [-0.4, -0.2) is 5.25 Å². The maximum absolute atomic E-state index is 13.1. The van der Waals surface area contributed by atoms with Crippen molar-refractivity contribution in [1.29, 1.82) is 0 Å². The average molecular weight is 205 g/mol. The van der Waals surface area contributed by atoms with E-state index in [-0.39, 0.29) is 5.82 Å². The molecule has 1 rings (SSSR count). The molecule has 0 spiro atoms. The highest BCUT2D eigenvalue weighted by molar-refractivity contribution is 7.99. The van der Waals surface area contributed by atoms with Gasteiger partial charge in [-0.1, -0.05) is 25.4 Å². The van der Waals surface area contributed by atoms with Crippen molar-refractivity contribution in [3.8, 4) is 0 Å². The molecular weight excluding hydrogens is 195 g/mol. The fraction of sp³-hybridized carbons (Fsp3) is 0.333. The minimum absolute atomic E-state index is 0.196. The van der Waals surface area contributed by atoms with Gasteiger partial charge in [-0.05, 0) is 18.2 Å². The highest BCUT2D eigenvalue weighted by atomic mass is 35.5. The summed E-state index contributed by atoms with van der Waals surface area (Å²) in [5.41, 5.74) is 0. The van der Waals surface area contributed by atoms with Crippen LogP contribution in [0, 0.1) is 5.82 Å². The summed E-state index contributed by atoms with van der Waals surface area (Å²) in [4.78, 5) is 0.623. The largest absolute Gasteiger partial charge is 0.206 e. The minimum Gasteiger partial charge on any atom is -0.206 e. The second kappa shape index (κ2) is 4.15. The summed E-state index contributed by atoms with van der Waals surface area (Å²) in [5.74, 6) is -0.196. The first-order chi connectivity index (χ1) is 5.59. The van der Waals surface area contributed by atoms with Gasteiger partial charge >= 0.3 is 0 Å². The van der Waals surface area contributed by atoms with E-state index < -0.39 is 0 Å². The second-order valence-corrected chi connectivity index (χ2v) is 4.80. The van der Waals surface area contributed by atoms with Gasteiger partial charge in [0.15, 0.2) is 0 Å². The molecular formula is C9H10ClFS. The lowest BCUT2D eigenvalue weighted by Gasteiger charge is -2.05. The number of benzene rings is 1. The molecule has 0 unspecified atom stereocenters. The summed E-state index contributed by atoms with van der Waals surface area (Å²) in [6.45, 7) is 4.04. The third-order valence-electron chi connectivity index (χ3n) is 1.26. The van der Waals surface area contributed by atoms with Crippen LogP contribution in [0.25, 0.3) is 0 Å². The predicted octanol–water partition coefficient (Wildman–Crippen LogP) is 3.98. The van der Waals surface area contributed by atoms with Crippen LogP contribution < -0.4 is 0 Å². The number of halogens is 2. The summed E-state index contributed by atoms with van der Waals surface area (Å²) in [6.07, 6.45) is 0. The molecule has 1 aromatic carbocycles. The smallest absolute Gasteiger partial charge is 0.136 e. The summed E-state index contributed by atoms with van der Waals surface area (Å²) >= 11 is 7.20. The Bertz CT molecular complexity index is 273. The fourth-order valence-corrected chi connectivity index (χ4v) is 1.94. The van der Waals surface area contributed by atoms with E-state index in [4.69, 9.17) is 11.6 Å². The fourth-order valence-electron chi connectivity index (χ4n) is 0.821. The van der Waals surface area contributed by atoms with Gasteiger partial charge in [0.05, 0.1) is 0 Å². The van der Waals surface area contributed by atoms with Crippen molar-refractivity contribution < 1.29 is 4.39 Å². The van der Waals surface area contributed by atoms with Gasteiger partial charge in [0.1, 0.15) is 5.82 Å². The Hall–Kier alpha value is -0.210. The molecule has 0 amide bonds. The first-order valence-corrected chi connectivity index (χ1v) is 4.97. The second-order valence-electron chi connectivity index (χ2n) is 2.74. The summed E-state index contributed by atoms with van der Waals surface area (Å²) in [5, 5.41) is 0.956. The van der Waals surface area contributed by atoms with Gasteiger partial charge in [-0.2, -0.15) is 0 Å². The molecule has 0 atom stereocenters. The molecule has 0 N–H and O–H groups in total. The van der Waals surface area contributed by atoms with E-state index in [1.807, 2.05) is 13.8 Å². The van der Waals surface area contributed by atoms with E-state index >= 15 is 0 Å². The quantitative estimate of drug-likeness (QED) is 0.657. The van der Waals surface area contributed by atoms with Gasteiger partial charge in [-0.15, -0.1) is 11.8 Å². The molecule has 0 nitrogen and oxygen atoms in total. The van der Waals surface area contributed by atoms with Crippen LogP contribution in [0.2, 0.25) is 5.02 Å². The molecule has 0 aliphatic heterocycles. The first-order valence-electron chi connectivity index (χ1n) is 3.71. The molecule has 0 fully saturated rings. The number of rotatable bonds is 2. The lowest BCUT2D eigenvalue weighted by atomic mass is 10.3. The van der Waals surface area contributed by atoms with Crippen LogP contribution >= 0.6 is 23.4 Å². The molecule has 0 aromatic heterocycles. The monoisotopic (exact) mass is 204 g/mol. The zero-order chi connectivity index (χ0) is 9.14. The van der Waals surface area contributed by atoms with Gasteiger partial charge in [0.2, 0.25) is 0 Å². The number of thioether (sulfide) groups is 1. The zero-order valence-corrected chi connectivity index (χ0v) is 8.55. The first kappa shape index (κ1) is 9.87. The maximum atomic E-state index is 13.1. The molecule has 3 heteroatoms. The zero-order valence-electron chi connectivity index (χ0n) is 6.97. The van der Waals surface area contributed by atoms with Crippen molar-refractivity contribution >= 4 is 23.4 Å². The van der Waals surface area contributed by atoms with Crippen LogP contribution in [-0.2, 0) is 0 Å². The molecule has 12 heavy (non-hydrogen) atoms. The van der Waals surface area contributed by atoms with Gasteiger partial charge in [-0.25, -0.2) is 4.39 Å². The Morgan fingerprint density at radius 1 is 1.42 bits per heavy atom. The van der Waals surface area contributed by atoms with Gasteiger partial charge in [0.25, 0.3) is 0 Å². The number of hydrogen-bond acceptors (Lipinski definition) is 1. The molecule has 0 saturated carbocycles. The summed E-state index contributed by atoms with van der Waals surface area (Å²) in [7, 11) is 0. The van der Waals surface area contributed by atoms with E-state index in [2.05, 4.69) is 0 Å². The Balaban J connectivity index is 2.90. The Morgan fingerprint density at radius 2 is 2.08 bits per heavy atom. The van der Waals surface area contributed by atoms with Crippen LogP contribution in [0.4, 0.5) is 4.39 Å². The van der Waals surface area contributed by atoms with Gasteiger partial charge in [-0.3, -0.25) is 0 Å². The van der Waals surface area contributed by atoms with E-state index in [9.17, 15) is 4.39 Å². The standard InChI is InChI=1S/C9H10ClFS/c1-6(2)12-9-5-7(10)3-4-8(9)11/h3-6H,1-2H3. The van der Waals surface area contributed by atoms with Crippen molar-refractivity contribution in [1.82, 2.24) is 0 Å². The van der Waals surface area contributed by atoms with Crippen LogP contribution in [0.1, 0.15) is 13.8 Å². The Morgan fingerprint density at radius 3 is 2.67 bits per heavy atom. The maximum Gasteiger partial charge on any atom is 0.136 e. The number of hydrogen-bond donors (Lipinski definition) is 0. The highest BCUT2D eigenvalue weighted by Crippen LogP contribution is 2.27. The van der Waals surface area contributed by atoms with Crippen LogP contribution in [0.3, 0.4) is 0 Å². The van der Waals surface area contributed by atoms with E-state index in [0.29, 0.717) is 15.2 Å². The van der Waals surface area contributed by atoms with Crippen LogP contribution in [0.5, 0.6) is 0 Å². The molecule has 0 aliphatic carbocycles. The third-order valence-corrected chi connectivity index (χ3v) is 2.53. The lowest BCUT2D eigenvalue weighted by Crippen LogP contribution is -1.88. The van der Waals surface area contributed by atoms with Crippen molar-refractivity contribution in [2.24, 2.45) is 0 Å². The van der Waals surface area contributed by atoms with Gasteiger partial charge < -0.3 is 0 Å². The molecule has 0 bridgehead atoms. The van der Waals surface area contributed by atoms with E-state index in [1.165, 1.54) is 17.8 Å². The minimum atomic E-state index is -0.196. The van der Waals surface area contributed by atoms with Crippen molar-refractivity contribution in [3.05, 3.63) is 29.0 Å². The summed E-state index contributed by atoms with van der Waals surface area (Å²) < 4.78 is 13.1. The predicted molar refractivity (Wildman–Crippen MR) is 52.4 cm³/mol. The molecule has 1 aromatic rings. The molecule has 0 radical (unpaired) electrons. The molecule has 0 heterocycles. The normalized spacial score (nSPS) is 10.8. The van der Waals surface area contributed by atoms with Crippen molar-refractivity contribution in [3.63, 3.8) is 0 Å². The molecule has 66 valence electrons. The van der Waals surface area contributed by atoms with Crippen molar-refractivity contribution in [2.75, 3.05) is 0 Å². The van der Waals surface area contributed by atoms with Crippen molar-refractivity contribution in [2.45, 2.75) is 24.0 Å². The molecule has 0 aliphatic rings. The Labute approximate surface area is 81.1 Å². The third kappa shape index (κ3) is 2.68. The SMILES string of the molecule is CC(C)Sc1cc(Cl)ccc1F.